The van der Waals surface area contributed by atoms with Crippen molar-refractivity contribution in [3.05, 3.63) is 0 Å². The van der Waals surface area contributed by atoms with Crippen molar-refractivity contribution in [2.45, 2.75) is 37.8 Å². The van der Waals surface area contributed by atoms with Gasteiger partial charge in [0.1, 0.15) is 0 Å². The SMILES string of the molecule is NC1CCC(C(=O)N2CCN3C(=O)NCC3C2)CC1. The Hall–Kier alpha value is -1.30. The molecule has 6 nitrogen and oxygen atoms in total. The van der Waals surface area contributed by atoms with Crippen molar-refractivity contribution in [1.82, 2.24) is 15.1 Å². The first-order valence-electron chi connectivity index (χ1n) is 7.24. The molecule has 1 saturated carbocycles. The number of fused-ring (bicyclic) bond motifs is 1. The lowest BCUT2D eigenvalue weighted by molar-refractivity contribution is -0.138. The topological polar surface area (TPSA) is 78.7 Å². The lowest BCUT2D eigenvalue weighted by Gasteiger charge is -2.39. The summed E-state index contributed by atoms with van der Waals surface area (Å²) in [6, 6.07) is 0.453. The summed E-state index contributed by atoms with van der Waals surface area (Å²) in [4.78, 5) is 27.8. The number of rotatable bonds is 1. The minimum Gasteiger partial charge on any atom is -0.339 e. The molecular formula is C13H22N4O2. The maximum atomic E-state index is 12.5. The number of hydrogen-bond donors (Lipinski definition) is 2. The van der Waals surface area contributed by atoms with Crippen molar-refractivity contribution in [3.63, 3.8) is 0 Å². The fourth-order valence-electron chi connectivity index (χ4n) is 3.43. The molecule has 3 amide bonds. The first-order valence-corrected chi connectivity index (χ1v) is 7.24. The van der Waals surface area contributed by atoms with E-state index >= 15 is 0 Å². The van der Waals surface area contributed by atoms with Crippen molar-refractivity contribution in [2.75, 3.05) is 26.2 Å². The van der Waals surface area contributed by atoms with Crippen molar-refractivity contribution < 1.29 is 9.59 Å². The van der Waals surface area contributed by atoms with Crippen LogP contribution >= 0.6 is 0 Å². The molecule has 0 aromatic heterocycles. The van der Waals surface area contributed by atoms with Crippen LogP contribution < -0.4 is 11.1 Å². The van der Waals surface area contributed by atoms with Crippen molar-refractivity contribution in [3.8, 4) is 0 Å². The first kappa shape index (κ1) is 12.7. The maximum Gasteiger partial charge on any atom is 0.317 e. The molecule has 1 atom stereocenters. The molecular weight excluding hydrogens is 244 g/mol. The van der Waals surface area contributed by atoms with Gasteiger partial charge in [0.15, 0.2) is 0 Å². The van der Waals surface area contributed by atoms with Gasteiger partial charge in [-0.1, -0.05) is 0 Å². The smallest absolute Gasteiger partial charge is 0.317 e. The molecule has 0 aromatic carbocycles. The van der Waals surface area contributed by atoms with Crippen LogP contribution in [0.4, 0.5) is 4.79 Å². The second-order valence-corrected chi connectivity index (χ2v) is 5.93. The van der Waals surface area contributed by atoms with Gasteiger partial charge in [0.25, 0.3) is 0 Å². The monoisotopic (exact) mass is 266 g/mol. The summed E-state index contributed by atoms with van der Waals surface area (Å²) in [5.74, 6) is 0.419. The van der Waals surface area contributed by atoms with Gasteiger partial charge in [-0.2, -0.15) is 0 Å². The largest absolute Gasteiger partial charge is 0.339 e. The molecule has 3 aliphatic rings. The molecule has 3 fully saturated rings. The van der Waals surface area contributed by atoms with Crippen LogP contribution in [-0.2, 0) is 4.79 Å². The van der Waals surface area contributed by atoms with Crippen molar-refractivity contribution >= 4 is 11.9 Å². The van der Waals surface area contributed by atoms with Gasteiger partial charge in [0, 0.05) is 38.1 Å². The Morgan fingerprint density at radius 3 is 2.68 bits per heavy atom. The maximum absolute atomic E-state index is 12.5. The van der Waals surface area contributed by atoms with Crippen molar-refractivity contribution in [2.24, 2.45) is 11.7 Å². The van der Waals surface area contributed by atoms with E-state index in [0.29, 0.717) is 26.2 Å². The second kappa shape index (κ2) is 5.00. The third-order valence-corrected chi connectivity index (χ3v) is 4.67. The molecule has 1 unspecified atom stereocenters. The summed E-state index contributed by atoms with van der Waals surface area (Å²) < 4.78 is 0. The molecule has 6 heteroatoms. The van der Waals surface area contributed by atoms with Gasteiger partial charge in [-0.25, -0.2) is 4.79 Å². The van der Waals surface area contributed by atoms with Crippen molar-refractivity contribution in [1.29, 1.82) is 0 Å². The second-order valence-electron chi connectivity index (χ2n) is 5.93. The number of urea groups is 1. The highest BCUT2D eigenvalue weighted by molar-refractivity contribution is 5.81. The van der Waals surface area contributed by atoms with Crippen LogP contribution in [0.3, 0.4) is 0 Å². The Labute approximate surface area is 113 Å². The minimum absolute atomic E-state index is 0.0146. The van der Waals surface area contributed by atoms with Crippen LogP contribution in [0.2, 0.25) is 0 Å². The average Bonchev–Trinajstić information content (AvgIpc) is 2.80. The third kappa shape index (κ3) is 2.41. The Morgan fingerprint density at radius 1 is 1.21 bits per heavy atom. The highest BCUT2D eigenvalue weighted by Crippen LogP contribution is 2.26. The molecule has 1 aliphatic carbocycles. The van der Waals surface area contributed by atoms with Gasteiger partial charge in [-0.05, 0) is 25.7 Å². The van der Waals surface area contributed by atoms with Gasteiger partial charge >= 0.3 is 6.03 Å². The number of nitrogens with one attached hydrogen (secondary N) is 1. The minimum atomic E-state index is 0.0146. The van der Waals surface area contributed by atoms with E-state index < -0.39 is 0 Å². The van der Waals surface area contributed by atoms with Gasteiger partial charge < -0.3 is 20.9 Å². The van der Waals surface area contributed by atoms with Crippen LogP contribution in [-0.4, -0.2) is 60.0 Å². The molecule has 0 radical (unpaired) electrons. The zero-order valence-corrected chi connectivity index (χ0v) is 11.2. The summed E-state index contributed by atoms with van der Waals surface area (Å²) in [6.07, 6.45) is 3.75. The Kier molecular flexibility index (Phi) is 3.35. The number of amides is 3. The van der Waals surface area contributed by atoms with E-state index in [1.807, 2.05) is 9.80 Å². The van der Waals surface area contributed by atoms with Crippen LogP contribution in [0, 0.1) is 5.92 Å². The van der Waals surface area contributed by atoms with Gasteiger partial charge in [0.05, 0.1) is 6.04 Å². The molecule has 0 aromatic rings. The molecule has 2 heterocycles. The zero-order chi connectivity index (χ0) is 13.4. The molecule has 19 heavy (non-hydrogen) atoms. The summed E-state index contributed by atoms with van der Waals surface area (Å²) in [5.41, 5.74) is 5.88. The molecule has 3 rings (SSSR count). The van der Waals surface area contributed by atoms with Crippen LogP contribution in [0.25, 0.3) is 0 Å². The van der Waals surface area contributed by atoms with E-state index in [9.17, 15) is 9.59 Å². The van der Waals surface area contributed by atoms with Crippen LogP contribution in [0.5, 0.6) is 0 Å². The molecule has 2 saturated heterocycles. The van der Waals surface area contributed by atoms with E-state index in [-0.39, 0.29) is 29.9 Å². The van der Waals surface area contributed by atoms with E-state index in [1.54, 1.807) is 0 Å². The molecule has 106 valence electrons. The summed E-state index contributed by atoms with van der Waals surface area (Å²) in [5, 5.41) is 2.84. The molecule has 0 spiro atoms. The van der Waals surface area contributed by atoms with E-state index in [4.69, 9.17) is 5.73 Å². The Morgan fingerprint density at radius 2 is 1.95 bits per heavy atom. The third-order valence-electron chi connectivity index (χ3n) is 4.67. The summed E-state index contributed by atoms with van der Waals surface area (Å²) in [6.45, 7) is 2.68. The zero-order valence-electron chi connectivity index (χ0n) is 11.2. The van der Waals surface area contributed by atoms with E-state index in [2.05, 4.69) is 5.32 Å². The van der Waals surface area contributed by atoms with Gasteiger partial charge in [0.2, 0.25) is 5.91 Å². The van der Waals surface area contributed by atoms with Crippen LogP contribution in [0.15, 0.2) is 0 Å². The lowest BCUT2D eigenvalue weighted by atomic mass is 9.85. The number of nitrogens with zero attached hydrogens (tertiary/aromatic N) is 2. The molecule has 0 bridgehead atoms. The quantitative estimate of drug-likeness (QED) is 0.686. The highest BCUT2D eigenvalue weighted by Gasteiger charge is 2.38. The Bertz CT molecular complexity index is 379. The predicted molar refractivity (Wildman–Crippen MR) is 70.4 cm³/mol. The summed E-state index contributed by atoms with van der Waals surface area (Å²) >= 11 is 0. The highest BCUT2D eigenvalue weighted by atomic mass is 16.2. The average molecular weight is 266 g/mol. The fraction of sp³-hybridized carbons (Fsp3) is 0.846. The normalized spacial score (nSPS) is 35.0. The number of hydrogen-bond acceptors (Lipinski definition) is 3. The number of carbonyl (C=O) groups excluding carboxylic acids is 2. The molecule has 3 N–H and O–H groups in total. The van der Waals surface area contributed by atoms with Gasteiger partial charge in [-0.3, -0.25) is 4.79 Å². The number of piperazine rings is 1. The molecule has 2 aliphatic heterocycles. The Balaban J connectivity index is 1.58. The van der Waals surface area contributed by atoms with Gasteiger partial charge in [-0.15, -0.1) is 0 Å². The fourth-order valence-corrected chi connectivity index (χ4v) is 3.43. The van der Waals surface area contributed by atoms with E-state index in [0.717, 1.165) is 25.7 Å². The summed E-state index contributed by atoms with van der Waals surface area (Å²) in [7, 11) is 0. The first-order chi connectivity index (χ1) is 9.15. The predicted octanol–water partition coefficient (Wildman–Crippen LogP) is -0.260. The number of nitrogens with two attached hydrogens (primary N) is 1. The lowest BCUT2D eigenvalue weighted by Crippen LogP contribution is -2.55. The van der Waals surface area contributed by atoms with E-state index in [1.165, 1.54) is 0 Å². The standard InChI is InChI=1S/C13H22N4O2/c14-10-3-1-9(2-4-10)12(18)16-5-6-17-11(8-16)7-15-13(17)19/h9-11H,1-8,14H2,(H,15,19). The van der Waals surface area contributed by atoms with Crippen LogP contribution in [0.1, 0.15) is 25.7 Å². The number of carbonyl (C=O) groups is 2.